The molecule has 0 N–H and O–H groups in total. The van der Waals surface area contributed by atoms with Gasteiger partial charge in [-0.25, -0.2) is 9.97 Å². The molecule has 4 heteroatoms. The van der Waals surface area contributed by atoms with Crippen molar-refractivity contribution in [3.05, 3.63) is 23.8 Å². The number of nitrogens with zero attached hydrogens (tertiary/aromatic N) is 3. The number of piperidine rings is 1. The van der Waals surface area contributed by atoms with Crippen LogP contribution in [0, 0.1) is 5.92 Å². The van der Waals surface area contributed by atoms with Crippen LogP contribution in [0.15, 0.2) is 12.4 Å². The number of rotatable bonds is 3. The second-order valence-electron chi connectivity index (χ2n) is 8.50. The van der Waals surface area contributed by atoms with Crippen molar-refractivity contribution in [1.82, 2.24) is 14.9 Å². The Balaban J connectivity index is 1.62. The van der Waals surface area contributed by atoms with Gasteiger partial charge in [0.25, 0.3) is 0 Å². The zero-order chi connectivity index (χ0) is 16.7. The maximum Gasteiger partial charge on any atom is 0.130 e. The largest absolute Gasteiger partial charge is 0.369 e. The first-order valence-corrected chi connectivity index (χ1v) is 9.01. The number of hydrogen-bond donors (Lipinski definition) is 0. The number of fused-ring (bicyclic) bond motifs is 1. The topological polar surface area (TPSA) is 38.2 Å². The molecule has 1 aromatic rings. The lowest BCUT2D eigenvalue weighted by atomic mass is 9.74. The first kappa shape index (κ1) is 16.8. The normalized spacial score (nSPS) is 31.1. The second kappa shape index (κ2) is 6.14. The minimum Gasteiger partial charge on any atom is -0.369 e. The minimum absolute atomic E-state index is 0.0357. The first-order valence-electron chi connectivity index (χ1n) is 9.01. The van der Waals surface area contributed by atoms with Crippen LogP contribution in [0.5, 0.6) is 0 Å². The number of aromatic nitrogens is 2. The molecule has 0 amide bonds. The molecule has 2 aliphatic heterocycles. The summed E-state index contributed by atoms with van der Waals surface area (Å²) in [5.74, 6) is 1.96. The number of ether oxygens (including phenoxy) is 1. The van der Waals surface area contributed by atoms with Gasteiger partial charge in [-0.1, -0.05) is 13.8 Å². The predicted octanol–water partition coefficient (Wildman–Crippen LogP) is 3.77. The van der Waals surface area contributed by atoms with E-state index in [0.29, 0.717) is 11.8 Å². The van der Waals surface area contributed by atoms with Gasteiger partial charge < -0.3 is 4.74 Å². The monoisotopic (exact) mass is 317 g/mol. The van der Waals surface area contributed by atoms with Gasteiger partial charge in [0.2, 0.25) is 0 Å². The highest BCUT2D eigenvalue weighted by molar-refractivity contribution is 5.08. The molecule has 0 unspecified atom stereocenters. The summed E-state index contributed by atoms with van der Waals surface area (Å²) in [6, 6.07) is 0. The molecule has 0 bridgehead atoms. The SMILES string of the molecule is CC(C)c1ncc(CN2CC[C@@]3(C)OC(C)(C)CC[C@H]3C2)cn1. The third-order valence-electron chi connectivity index (χ3n) is 5.52. The summed E-state index contributed by atoms with van der Waals surface area (Å²) >= 11 is 0. The predicted molar refractivity (Wildman–Crippen MR) is 92.3 cm³/mol. The molecule has 2 saturated heterocycles. The Morgan fingerprint density at radius 3 is 2.57 bits per heavy atom. The lowest BCUT2D eigenvalue weighted by Crippen LogP contribution is -2.57. The Morgan fingerprint density at radius 2 is 1.91 bits per heavy atom. The van der Waals surface area contributed by atoms with Crippen LogP contribution in [0.3, 0.4) is 0 Å². The average molecular weight is 317 g/mol. The van der Waals surface area contributed by atoms with E-state index >= 15 is 0 Å². The van der Waals surface area contributed by atoms with Crippen LogP contribution < -0.4 is 0 Å². The van der Waals surface area contributed by atoms with Crippen molar-refractivity contribution in [3.8, 4) is 0 Å². The fourth-order valence-electron chi connectivity index (χ4n) is 4.06. The van der Waals surface area contributed by atoms with Gasteiger partial charge in [0.1, 0.15) is 5.82 Å². The lowest BCUT2D eigenvalue weighted by molar-refractivity contribution is -0.214. The van der Waals surface area contributed by atoms with Gasteiger partial charge in [0, 0.05) is 49.4 Å². The van der Waals surface area contributed by atoms with Crippen molar-refractivity contribution in [2.24, 2.45) is 5.92 Å². The van der Waals surface area contributed by atoms with Crippen LogP contribution in [0.1, 0.15) is 71.2 Å². The molecule has 0 aromatic carbocycles. The molecule has 2 atom stereocenters. The van der Waals surface area contributed by atoms with E-state index in [4.69, 9.17) is 4.74 Å². The standard InChI is InChI=1S/C19H31N3O/c1-14(2)17-20-10-15(11-21-17)12-22-9-8-19(5)16(13-22)6-7-18(3,4)23-19/h10-11,14,16H,6-9,12-13H2,1-5H3/t16-,19+/m0/s1. The summed E-state index contributed by atoms with van der Waals surface area (Å²) in [6.07, 6.45) is 7.54. The molecule has 4 nitrogen and oxygen atoms in total. The molecule has 3 rings (SSSR count). The zero-order valence-corrected chi connectivity index (χ0v) is 15.3. The van der Waals surface area contributed by atoms with E-state index in [1.807, 2.05) is 12.4 Å². The zero-order valence-electron chi connectivity index (χ0n) is 15.3. The smallest absolute Gasteiger partial charge is 0.130 e. The van der Waals surface area contributed by atoms with E-state index in [2.05, 4.69) is 49.5 Å². The summed E-state index contributed by atoms with van der Waals surface area (Å²) in [5.41, 5.74) is 1.31. The summed E-state index contributed by atoms with van der Waals surface area (Å²) in [7, 11) is 0. The van der Waals surface area contributed by atoms with E-state index < -0.39 is 0 Å². The van der Waals surface area contributed by atoms with Crippen molar-refractivity contribution in [2.45, 2.75) is 77.5 Å². The van der Waals surface area contributed by atoms with Gasteiger partial charge in [-0.2, -0.15) is 0 Å². The van der Waals surface area contributed by atoms with Crippen LogP contribution >= 0.6 is 0 Å². The van der Waals surface area contributed by atoms with Crippen LogP contribution in [0.2, 0.25) is 0 Å². The average Bonchev–Trinajstić information content (AvgIpc) is 2.47. The highest BCUT2D eigenvalue weighted by Crippen LogP contribution is 2.44. The van der Waals surface area contributed by atoms with Crippen molar-refractivity contribution in [3.63, 3.8) is 0 Å². The fourth-order valence-corrected chi connectivity index (χ4v) is 4.06. The second-order valence-corrected chi connectivity index (χ2v) is 8.50. The van der Waals surface area contributed by atoms with Crippen LogP contribution in [-0.2, 0) is 11.3 Å². The maximum absolute atomic E-state index is 6.45. The van der Waals surface area contributed by atoms with E-state index in [0.717, 1.165) is 38.3 Å². The molecule has 0 aliphatic carbocycles. The Kier molecular flexibility index (Phi) is 4.49. The maximum atomic E-state index is 6.45. The van der Waals surface area contributed by atoms with Gasteiger partial charge in [0.15, 0.2) is 0 Å². The Hall–Kier alpha value is -1.00. The third kappa shape index (κ3) is 3.74. The van der Waals surface area contributed by atoms with Gasteiger partial charge in [-0.3, -0.25) is 4.90 Å². The lowest BCUT2D eigenvalue weighted by Gasteiger charge is -2.53. The fraction of sp³-hybridized carbons (Fsp3) is 0.789. The van der Waals surface area contributed by atoms with Gasteiger partial charge in [-0.05, 0) is 40.0 Å². The van der Waals surface area contributed by atoms with Crippen molar-refractivity contribution >= 4 is 0 Å². The summed E-state index contributed by atoms with van der Waals surface area (Å²) in [5, 5.41) is 0. The molecular weight excluding hydrogens is 286 g/mol. The molecule has 2 aliphatic rings. The van der Waals surface area contributed by atoms with Crippen molar-refractivity contribution < 1.29 is 4.74 Å². The van der Waals surface area contributed by atoms with E-state index in [1.165, 1.54) is 12.0 Å². The molecule has 1 aromatic heterocycles. The first-order chi connectivity index (χ1) is 10.8. The third-order valence-corrected chi connectivity index (χ3v) is 5.52. The molecule has 0 spiro atoms. The molecule has 3 heterocycles. The Labute approximate surface area is 140 Å². The van der Waals surface area contributed by atoms with E-state index in [9.17, 15) is 0 Å². The van der Waals surface area contributed by atoms with Gasteiger partial charge in [-0.15, -0.1) is 0 Å². The summed E-state index contributed by atoms with van der Waals surface area (Å²) < 4.78 is 6.45. The van der Waals surface area contributed by atoms with Crippen LogP contribution in [0.4, 0.5) is 0 Å². The minimum atomic E-state index is 0.0357. The van der Waals surface area contributed by atoms with Crippen molar-refractivity contribution in [2.75, 3.05) is 13.1 Å². The Morgan fingerprint density at radius 1 is 1.22 bits per heavy atom. The molecule has 2 fully saturated rings. The number of likely N-dealkylation sites (tertiary alicyclic amines) is 1. The summed E-state index contributed by atoms with van der Waals surface area (Å²) in [4.78, 5) is 11.5. The quantitative estimate of drug-likeness (QED) is 0.850. The van der Waals surface area contributed by atoms with Crippen LogP contribution in [-0.4, -0.2) is 39.2 Å². The van der Waals surface area contributed by atoms with Gasteiger partial charge >= 0.3 is 0 Å². The highest BCUT2D eigenvalue weighted by Gasteiger charge is 2.47. The summed E-state index contributed by atoms with van der Waals surface area (Å²) in [6.45, 7) is 14.2. The van der Waals surface area contributed by atoms with Crippen LogP contribution in [0.25, 0.3) is 0 Å². The molecule has 128 valence electrons. The molecule has 0 saturated carbocycles. The van der Waals surface area contributed by atoms with E-state index in [-0.39, 0.29) is 11.2 Å². The highest BCUT2D eigenvalue weighted by atomic mass is 16.5. The molecular formula is C19H31N3O. The van der Waals surface area contributed by atoms with Gasteiger partial charge in [0.05, 0.1) is 11.2 Å². The number of hydrogen-bond acceptors (Lipinski definition) is 4. The van der Waals surface area contributed by atoms with Crippen molar-refractivity contribution in [1.29, 1.82) is 0 Å². The molecule has 23 heavy (non-hydrogen) atoms. The Bertz CT molecular complexity index is 540. The molecule has 0 radical (unpaired) electrons. The van der Waals surface area contributed by atoms with E-state index in [1.54, 1.807) is 0 Å².